The fourth-order valence-corrected chi connectivity index (χ4v) is 3.50. The second kappa shape index (κ2) is 7.47. The Morgan fingerprint density at radius 2 is 2.04 bits per heavy atom. The fourth-order valence-electron chi connectivity index (χ4n) is 2.67. The van der Waals surface area contributed by atoms with Gasteiger partial charge in [-0.1, -0.05) is 36.4 Å². The lowest BCUT2D eigenvalue weighted by Gasteiger charge is -2.00. The highest BCUT2D eigenvalue weighted by molar-refractivity contribution is 7.07. The molecule has 1 N–H and O–H groups in total. The van der Waals surface area contributed by atoms with Crippen molar-refractivity contribution in [3.8, 4) is 17.2 Å². The Balaban J connectivity index is 1.82. The Labute approximate surface area is 159 Å². The third-order valence-corrected chi connectivity index (χ3v) is 4.77. The van der Waals surface area contributed by atoms with E-state index in [2.05, 4.69) is 16.7 Å². The topological polar surface area (TPSA) is 63.0 Å². The number of aromatic nitrogens is 1. The maximum absolute atomic E-state index is 9.64. The van der Waals surface area contributed by atoms with E-state index in [-0.39, 0.29) is 5.75 Å². The molecule has 0 spiro atoms. The van der Waals surface area contributed by atoms with Crippen molar-refractivity contribution in [3.05, 3.63) is 83.0 Å². The average Bonchev–Trinajstić information content (AvgIpc) is 3.28. The number of fused-ring (bicyclic) bond motifs is 1. The Bertz CT molecular complexity index is 1160. The molecular formula is C21H17N3O2S. The first-order valence-electron chi connectivity index (χ1n) is 8.39. The predicted octanol–water partition coefficient (Wildman–Crippen LogP) is 4.64. The zero-order chi connectivity index (χ0) is 18.6. The molecule has 4 aromatic rings. The molecule has 0 aliphatic rings. The number of phenolic OH excluding ortho intramolecular Hbond substituents is 1. The highest BCUT2D eigenvalue weighted by Gasteiger charge is 2.12. The average molecular weight is 375 g/mol. The lowest BCUT2D eigenvalue weighted by Crippen LogP contribution is -2.12. The number of phenols is 1. The Kier molecular flexibility index (Phi) is 4.72. The first-order chi connectivity index (χ1) is 13.2. The summed E-state index contributed by atoms with van der Waals surface area (Å²) in [4.78, 5) is 5.25. The third-order valence-electron chi connectivity index (χ3n) is 3.91. The van der Waals surface area contributed by atoms with Crippen molar-refractivity contribution in [2.45, 2.75) is 0 Å². The maximum atomic E-state index is 9.64. The van der Waals surface area contributed by atoms with Crippen LogP contribution in [-0.4, -0.2) is 22.5 Å². The number of thiazole rings is 1. The summed E-state index contributed by atoms with van der Waals surface area (Å²) in [6.45, 7) is 4.22. The number of hydrogen-bond acceptors (Lipinski definition) is 5. The van der Waals surface area contributed by atoms with E-state index in [9.17, 15) is 5.11 Å². The van der Waals surface area contributed by atoms with Crippen LogP contribution in [0.2, 0.25) is 0 Å². The normalized spacial score (nSPS) is 12.2. The summed E-state index contributed by atoms with van der Waals surface area (Å²) in [5.41, 5.74) is 2.43. The van der Waals surface area contributed by atoms with Crippen molar-refractivity contribution in [1.29, 1.82) is 0 Å². The zero-order valence-electron chi connectivity index (χ0n) is 14.4. The molecule has 0 amide bonds. The molecule has 0 unspecified atom stereocenters. The number of benzene rings is 2. The Morgan fingerprint density at radius 1 is 1.15 bits per heavy atom. The molecule has 4 rings (SSSR count). The van der Waals surface area contributed by atoms with E-state index >= 15 is 0 Å². The molecule has 0 aliphatic heterocycles. The second-order valence-electron chi connectivity index (χ2n) is 5.83. The van der Waals surface area contributed by atoms with E-state index in [0.717, 1.165) is 32.8 Å². The van der Waals surface area contributed by atoms with Crippen molar-refractivity contribution in [1.82, 2.24) is 4.68 Å². The molecule has 2 aromatic carbocycles. The van der Waals surface area contributed by atoms with Gasteiger partial charge in [-0.05, 0) is 29.8 Å². The van der Waals surface area contributed by atoms with Gasteiger partial charge in [0.2, 0.25) is 4.80 Å². The van der Waals surface area contributed by atoms with Gasteiger partial charge in [-0.3, -0.25) is 4.99 Å². The van der Waals surface area contributed by atoms with Gasteiger partial charge in [0.15, 0.2) is 5.76 Å². The van der Waals surface area contributed by atoms with Gasteiger partial charge >= 0.3 is 0 Å². The smallest absolute Gasteiger partial charge is 0.206 e. The minimum atomic E-state index is 0.198. The van der Waals surface area contributed by atoms with Crippen LogP contribution in [0.5, 0.6) is 5.75 Å². The van der Waals surface area contributed by atoms with E-state index in [1.54, 1.807) is 35.2 Å². The summed E-state index contributed by atoms with van der Waals surface area (Å²) in [6, 6.07) is 16.8. The van der Waals surface area contributed by atoms with Crippen molar-refractivity contribution in [3.63, 3.8) is 0 Å². The summed E-state index contributed by atoms with van der Waals surface area (Å²) in [5, 5.41) is 17.2. The molecule has 2 aromatic heterocycles. The molecule has 134 valence electrons. The second-order valence-corrected chi connectivity index (χ2v) is 6.67. The number of nitrogens with zero attached hydrogens (tertiary/aromatic N) is 3. The van der Waals surface area contributed by atoms with Crippen LogP contribution < -0.4 is 4.80 Å². The summed E-state index contributed by atoms with van der Waals surface area (Å²) in [5.74, 6) is 0.920. The molecule has 0 atom stereocenters. The standard InChI is InChI=1S/C21H17N3O2S/c1-2-10-22-21-24(23-13-15-6-5-8-17(25)11-15)18(14-27-21)20-12-16-7-3-4-9-19(16)26-20/h2-9,11-14,25H,1,10H2. The van der Waals surface area contributed by atoms with Gasteiger partial charge in [0, 0.05) is 10.8 Å². The van der Waals surface area contributed by atoms with Gasteiger partial charge in [-0.25, -0.2) is 4.68 Å². The first kappa shape index (κ1) is 17.1. The summed E-state index contributed by atoms with van der Waals surface area (Å²) in [6.07, 6.45) is 3.43. The Morgan fingerprint density at radius 3 is 2.85 bits per heavy atom. The van der Waals surface area contributed by atoms with E-state index in [0.29, 0.717) is 6.54 Å². The third kappa shape index (κ3) is 3.61. The van der Waals surface area contributed by atoms with Crippen molar-refractivity contribution in [2.75, 3.05) is 6.54 Å². The van der Waals surface area contributed by atoms with Crippen molar-refractivity contribution in [2.24, 2.45) is 10.1 Å². The van der Waals surface area contributed by atoms with Crippen LogP contribution in [0.1, 0.15) is 5.56 Å². The van der Waals surface area contributed by atoms with Crippen LogP contribution >= 0.6 is 11.3 Å². The minimum Gasteiger partial charge on any atom is -0.508 e. The number of para-hydroxylation sites is 1. The van der Waals surface area contributed by atoms with Gasteiger partial charge in [0.05, 0.1) is 12.8 Å². The molecule has 0 aliphatic carbocycles. The van der Waals surface area contributed by atoms with Crippen LogP contribution in [0.25, 0.3) is 22.4 Å². The van der Waals surface area contributed by atoms with Crippen LogP contribution in [0.15, 0.2) is 87.1 Å². The molecule has 5 nitrogen and oxygen atoms in total. The minimum absolute atomic E-state index is 0.198. The van der Waals surface area contributed by atoms with Crippen molar-refractivity contribution >= 4 is 28.5 Å². The SMILES string of the molecule is C=CCN=c1scc(-c2cc3ccccc3o2)n1N=Cc1cccc(O)c1. The summed E-state index contributed by atoms with van der Waals surface area (Å²) in [7, 11) is 0. The highest BCUT2D eigenvalue weighted by atomic mass is 32.1. The van der Waals surface area contributed by atoms with E-state index in [1.807, 2.05) is 41.8 Å². The molecule has 27 heavy (non-hydrogen) atoms. The first-order valence-corrected chi connectivity index (χ1v) is 9.27. The molecule has 0 saturated heterocycles. The van der Waals surface area contributed by atoms with Gasteiger partial charge < -0.3 is 9.52 Å². The molecule has 0 radical (unpaired) electrons. The maximum Gasteiger partial charge on any atom is 0.206 e. The van der Waals surface area contributed by atoms with Crippen LogP contribution in [-0.2, 0) is 0 Å². The molecular weight excluding hydrogens is 358 g/mol. The lowest BCUT2D eigenvalue weighted by atomic mass is 10.2. The molecule has 6 heteroatoms. The summed E-state index contributed by atoms with van der Waals surface area (Å²) >= 11 is 1.48. The summed E-state index contributed by atoms with van der Waals surface area (Å²) < 4.78 is 7.74. The predicted molar refractivity (Wildman–Crippen MR) is 109 cm³/mol. The van der Waals surface area contributed by atoms with Gasteiger partial charge in [-0.2, -0.15) is 5.10 Å². The zero-order valence-corrected chi connectivity index (χ0v) is 15.3. The Hall–Kier alpha value is -3.38. The van der Waals surface area contributed by atoms with Gasteiger partial charge in [0.1, 0.15) is 17.0 Å². The highest BCUT2D eigenvalue weighted by Crippen LogP contribution is 2.28. The number of furan rings is 1. The molecule has 0 bridgehead atoms. The van der Waals surface area contributed by atoms with Crippen LogP contribution in [0.4, 0.5) is 0 Å². The number of aromatic hydroxyl groups is 1. The largest absolute Gasteiger partial charge is 0.508 e. The van der Waals surface area contributed by atoms with Gasteiger partial charge in [0.25, 0.3) is 0 Å². The van der Waals surface area contributed by atoms with Crippen LogP contribution in [0, 0.1) is 0 Å². The molecule has 0 fully saturated rings. The lowest BCUT2D eigenvalue weighted by molar-refractivity contribution is 0.475. The van der Waals surface area contributed by atoms with Crippen molar-refractivity contribution < 1.29 is 9.52 Å². The van der Waals surface area contributed by atoms with Crippen LogP contribution in [0.3, 0.4) is 0 Å². The molecule has 2 heterocycles. The van der Waals surface area contributed by atoms with E-state index in [4.69, 9.17) is 4.42 Å². The quantitative estimate of drug-likeness (QED) is 0.408. The molecule has 0 saturated carbocycles. The van der Waals surface area contributed by atoms with E-state index in [1.165, 1.54) is 11.3 Å². The number of rotatable bonds is 5. The fraction of sp³-hybridized carbons (Fsp3) is 0.0476. The van der Waals surface area contributed by atoms with E-state index < -0.39 is 0 Å². The number of hydrogen-bond donors (Lipinski definition) is 1. The van der Waals surface area contributed by atoms with Gasteiger partial charge in [-0.15, -0.1) is 17.9 Å². The monoisotopic (exact) mass is 375 g/mol.